The maximum absolute atomic E-state index is 12.9. The summed E-state index contributed by atoms with van der Waals surface area (Å²) >= 11 is 5.96. The minimum atomic E-state index is -1.12. The lowest BCUT2D eigenvalue weighted by Crippen LogP contribution is -2.97. The predicted molar refractivity (Wildman–Crippen MR) is 90.5 cm³/mol. The number of quaternary nitrogens is 1. The average Bonchev–Trinajstić information content (AvgIpc) is 3.03. The zero-order chi connectivity index (χ0) is 18.4. The number of imide groups is 1. The van der Waals surface area contributed by atoms with Gasteiger partial charge in [0, 0.05) is 24.1 Å². The van der Waals surface area contributed by atoms with E-state index in [4.69, 9.17) is 16.3 Å². The van der Waals surface area contributed by atoms with Crippen LogP contribution in [0.4, 0.5) is 0 Å². The van der Waals surface area contributed by atoms with E-state index < -0.39 is 23.3 Å². The number of fused-ring (bicyclic) bond motifs is 1. The number of nitrogens with two attached hydrogens (primary N) is 1. The van der Waals surface area contributed by atoms with Crippen LogP contribution in [0.5, 0.6) is 0 Å². The highest BCUT2D eigenvalue weighted by Gasteiger charge is 2.70. The van der Waals surface area contributed by atoms with E-state index in [0.717, 1.165) is 5.56 Å². The Balaban J connectivity index is 2.07. The Morgan fingerprint density at radius 3 is 2.44 bits per heavy atom. The minimum Gasteiger partial charge on any atom is -0.461 e. The number of hydrogen-bond donors (Lipinski definition) is 1. The maximum atomic E-state index is 12.9. The van der Waals surface area contributed by atoms with E-state index in [1.807, 2.05) is 17.4 Å². The first-order chi connectivity index (χ1) is 11.8. The number of esters is 1. The highest BCUT2D eigenvalue weighted by atomic mass is 35.5. The molecular weight excluding hydrogens is 344 g/mol. The number of rotatable bonds is 4. The normalized spacial score (nSPS) is 31.4. The van der Waals surface area contributed by atoms with Crippen LogP contribution >= 0.6 is 11.6 Å². The molecular formula is C18H22ClN2O4+. The summed E-state index contributed by atoms with van der Waals surface area (Å²) in [5.74, 6) is -2.27. The fourth-order valence-corrected chi connectivity index (χ4v) is 4.23. The molecule has 0 saturated carbocycles. The second-order valence-corrected chi connectivity index (χ2v) is 7.11. The summed E-state index contributed by atoms with van der Waals surface area (Å²) in [4.78, 5) is 39.6. The summed E-state index contributed by atoms with van der Waals surface area (Å²) < 4.78 is 5.22. The zero-order valence-electron chi connectivity index (χ0n) is 14.5. The van der Waals surface area contributed by atoms with Gasteiger partial charge in [-0.05, 0) is 26.0 Å². The third-order valence-corrected chi connectivity index (χ3v) is 5.54. The minimum absolute atomic E-state index is 0.221. The van der Waals surface area contributed by atoms with Gasteiger partial charge in [-0.1, -0.05) is 23.7 Å². The second kappa shape index (κ2) is 6.42. The van der Waals surface area contributed by atoms with Gasteiger partial charge in [-0.2, -0.15) is 0 Å². The van der Waals surface area contributed by atoms with Gasteiger partial charge in [-0.3, -0.25) is 14.5 Å². The molecule has 2 aliphatic heterocycles. The van der Waals surface area contributed by atoms with Crippen molar-refractivity contribution in [1.82, 2.24) is 4.90 Å². The van der Waals surface area contributed by atoms with Gasteiger partial charge >= 0.3 is 5.97 Å². The Hall–Kier alpha value is -1.92. The number of likely N-dealkylation sites (tertiary alicyclic amines) is 1. The van der Waals surface area contributed by atoms with E-state index in [-0.39, 0.29) is 24.5 Å². The summed E-state index contributed by atoms with van der Waals surface area (Å²) in [5, 5.41) is 2.40. The fourth-order valence-electron chi connectivity index (χ4n) is 4.11. The molecule has 2 amide bonds. The maximum Gasteiger partial charge on any atom is 0.368 e. The van der Waals surface area contributed by atoms with Crippen molar-refractivity contribution in [3.05, 3.63) is 34.9 Å². The van der Waals surface area contributed by atoms with Crippen molar-refractivity contribution < 1.29 is 24.4 Å². The number of ether oxygens (including phenoxy) is 1. The summed E-state index contributed by atoms with van der Waals surface area (Å²) in [6, 6.07) is 6.84. The summed E-state index contributed by atoms with van der Waals surface area (Å²) in [6.07, 6.45) is 0. The van der Waals surface area contributed by atoms with Crippen LogP contribution in [0.2, 0.25) is 5.02 Å². The largest absolute Gasteiger partial charge is 0.461 e. The smallest absolute Gasteiger partial charge is 0.368 e. The lowest BCUT2D eigenvalue weighted by Gasteiger charge is -2.25. The van der Waals surface area contributed by atoms with Crippen molar-refractivity contribution in [2.24, 2.45) is 11.8 Å². The Morgan fingerprint density at radius 1 is 1.24 bits per heavy atom. The molecule has 0 radical (unpaired) electrons. The van der Waals surface area contributed by atoms with Crippen molar-refractivity contribution in [2.45, 2.75) is 32.4 Å². The molecule has 4 atom stereocenters. The molecule has 25 heavy (non-hydrogen) atoms. The van der Waals surface area contributed by atoms with Crippen LogP contribution in [0.3, 0.4) is 0 Å². The molecule has 1 aromatic carbocycles. The van der Waals surface area contributed by atoms with Gasteiger partial charge in [-0.15, -0.1) is 0 Å². The Labute approximate surface area is 151 Å². The molecule has 0 unspecified atom stereocenters. The van der Waals surface area contributed by atoms with Gasteiger partial charge in [-0.25, -0.2) is 4.79 Å². The summed E-state index contributed by atoms with van der Waals surface area (Å²) in [5.41, 5.74) is -0.256. The number of hydrogen-bond acceptors (Lipinski definition) is 4. The first-order valence-electron chi connectivity index (χ1n) is 8.49. The first-order valence-corrected chi connectivity index (χ1v) is 8.86. The van der Waals surface area contributed by atoms with Crippen molar-refractivity contribution >= 4 is 29.4 Å². The van der Waals surface area contributed by atoms with Gasteiger partial charge < -0.3 is 10.1 Å². The van der Waals surface area contributed by atoms with Crippen LogP contribution in [0, 0.1) is 11.8 Å². The Bertz CT molecular complexity index is 720. The van der Waals surface area contributed by atoms with Crippen LogP contribution in [-0.4, -0.2) is 41.4 Å². The topological polar surface area (TPSA) is 80.3 Å². The molecule has 2 heterocycles. The fraction of sp³-hybridized carbons (Fsp3) is 0.500. The first kappa shape index (κ1) is 17.9. The van der Waals surface area contributed by atoms with Crippen molar-refractivity contribution in [2.75, 3.05) is 13.2 Å². The number of benzene rings is 1. The van der Waals surface area contributed by atoms with Gasteiger partial charge in [0.15, 0.2) is 0 Å². The van der Waals surface area contributed by atoms with E-state index in [0.29, 0.717) is 11.6 Å². The zero-order valence-corrected chi connectivity index (χ0v) is 15.2. The molecule has 0 spiro atoms. The highest BCUT2D eigenvalue weighted by Crippen LogP contribution is 2.44. The molecule has 6 nitrogen and oxygen atoms in total. The van der Waals surface area contributed by atoms with E-state index in [2.05, 4.69) is 0 Å². The monoisotopic (exact) mass is 365 g/mol. The number of amides is 2. The lowest BCUT2D eigenvalue weighted by molar-refractivity contribution is -0.731. The molecule has 2 aliphatic rings. The summed E-state index contributed by atoms with van der Waals surface area (Å²) in [7, 11) is 0. The number of carbonyl (C=O) groups is 3. The van der Waals surface area contributed by atoms with Crippen LogP contribution < -0.4 is 5.32 Å². The second-order valence-electron chi connectivity index (χ2n) is 6.67. The molecule has 2 saturated heterocycles. The molecule has 2 fully saturated rings. The molecule has 7 heteroatoms. The molecule has 1 aromatic rings. The van der Waals surface area contributed by atoms with Gasteiger partial charge in [0.2, 0.25) is 17.4 Å². The average molecular weight is 366 g/mol. The number of halogens is 1. The molecule has 0 aromatic heterocycles. The molecule has 2 N–H and O–H groups in total. The highest BCUT2D eigenvalue weighted by molar-refractivity contribution is 6.30. The SMILES string of the molecule is CCOC(=O)[C@]1(C)[NH2+][C@H](c2ccc(Cl)cc2)[C@H]2C(=O)N(CC)C(=O)[C@H]21. The van der Waals surface area contributed by atoms with E-state index in [1.165, 1.54) is 4.90 Å². The van der Waals surface area contributed by atoms with E-state index in [1.54, 1.807) is 32.9 Å². The van der Waals surface area contributed by atoms with Crippen molar-refractivity contribution in [3.63, 3.8) is 0 Å². The standard InChI is InChI=1S/C18H21ClN2O4/c1-4-21-15(22)12-13(16(21)23)18(3,17(24)25-5-2)20-14(12)10-6-8-11(19)9-7-10/h6-9,12-14,20H,4-5H2,1-3H3/p+1/t12-,13-,14+,18+/m0/s1. The third kappa shape index (κ3) is 2.64. The van der Waals surface area contributed by atoms with Crippen LogP contribution in [0.1, 0.15) is 32.4 Å². The molecule has 3 rings (SSSR count). The quantitative estimate of drug-likeness (QED) is 0.635. The van der Waals surface area contributed by atoms with Gasteiger partial charge in [0.1, 0.15) is 17.9 Å². The number of nitrogens with zero attached hydrogens (tertiary/aromatic N) is 1. The Kier molecular flexibility index (Phi) is 4.60. The third-order valence-electron chi connectivity index (χ3n) is 5.29. The molecule has 0 bridgehead atoms. The predicted octanol–water partition coefficient (Wildman–Crippen LogP) is 0.901. The van der Waals surface area contributed by atoms with Crippen LogP contribution in [0.15, 0.2) is 24.3 Å². The molecule has 134 valence electrons. The number of carbonyl (C=O) groups excluding carboxylic acids is 3. The Morgan fingerprint density at radius 2 is 1.88 bits per heavy atom. The van der Waals surface area contributed by atoms with Crippen LogP contribution in [0.25, 0.3) is 0 Å². The van der Waals surface area contributed by atoms with Gasteiger partial charge in [0.05, 0.1) is 6.61 Å². The lowest BCUT2D eigenvalue weighted by atomic mass is 9.80. The van der Waals surface area contributed by atoms with Gasteiger partial charge in [0.25, 0.3) is 0 Å². The van der Waals surface area contributed by atoms with Crippen LogP contribution in [-0.2, 0) is 19.1 Å². The molecule has 0 aliphatic carbocycles. The van der Waals surface area contributed by atoms with Crippen molar-refractivity contribution in [1.29, 1.82) is 0 Å². The van der Waals surface area contributed by atoms with Crippen molar-refractivity contribution in [3.8, 4) is 0 Å². The summed E-state index contributed by atoms with van der Waals surface area (Å²) in [6.45, 7) is 5.72. The van der Waals surface area contributed by atoms with E-state index in [9.17, 15) is 14.4 Å². The van der Waals surface area contributed by atoms with E-state index >= 15 is 0 Å².